The van der Waals surface area contributed by atoms with Gasteiger partial charge >= 0.3 is 0 Å². The molecular weight excluding hydrogens is 485 g/mol. The number of nitrogens with one attached hydrogen (secondary N) is 1. The van der Waals surface area contributed by atoms with Gasteiger partial charge in [0.1, 0.15) is 6.61 Å². The lowest BCUT2D eigenvalue weighted by Gasteiger charge is -2.18. The Balaban J connectivity index is 1.69. The quantitative estimate of drug-likeness (QED) is 0.316. The minimum Gasteiger partial charge on any atom is -0.493 e. The minimum absolute atomic E-state index is 0.479. The average molecular weight is 509 g/mol. The number of hydrogen-bond acceptors (Lipinski definition) is 3. The van der Waals surface area contributed by atoms with E-state index in [1.807, 2.05) is 36.4 Å². The maximum absolute atomic E-state index is 6.27. The second-order valence-corrected chi connectivity index (χ2v) is 8.63. The molecule has 0 aliphatic heterocycles. The lowest BCUT2D eigenvalue weighted by molar-refractivity contribution is 0.280. The normalized spacial score (nSPS) is 10.8. The van der Waals surface area contributed by atoms with Crippen molar-refractivity contribution >= 4 is 39.1 Å². The maximum atomic E-state index is 6.27. The van der Waals surface area contributed by atoms with Gasteiger partial charge in [0.25, 0.3) is 0 Å². The zero-order valence-corrected chi connectivity index (χ0v) is 20.1. The molecule has 0 aliphatic rings. The van der Waals surface area contributed by atoms with Crippen molar-refractivity contribution in [2.75, 3.05) is 13.7 Å². The number of aryl methyl sites for hydroxylation is 1. The molecular formula is C24H24BrCl2NO2. The second kappa shape index (κ2) is 11.1. The van der Waals surface area contributed by atoms with Crippen molar-refractivity contribution in [3.05, 3.63) is 91.4 Å². The monoisotopic (exact) mass is 507 g/mol. The number of benzene rings is 3. The molecule has 6 heteroatoms. The smallest absolute Gasteiger partial charge is 0.167 e. The number of hydrogen-bond donors (Lipinski definition) is 1. The summed E-state index contributed by atoms with van der Waals surface area (Å²) in [4.78, 5) is 0. The molecule has 0 unspecified atom stereocenters. The number of methoxy groups -OCH3 is 1. The number of halogens is 3. The molecule has 3 nitrogen and oxygen atoms in total. The van der Waals surface area contributed by atoms with E-state index >= 15 is 0 Å². The van der Waals surface area contributed by atoms with Crippen molar-refractivity contribution in [1.82, 2.24) is 5.32 Å². The van der Waals surface area contributed by atoms with Gasteiger partial charge < -0.3 is 14.8 Å². The zero-order valence-electron chi connectivity index (χ0n) is 17.0. The molecule has 1 N–H and O–H groups in total. The van der Waals surface area contributed by atoms with Crippen LogP contribution >= 0.6 is 39.1 Å². The molecule has 30 heavy (non-hydrogen) atoms. The standard InChI is InChI=1S/C24H24BrCl2NO2/c1-16-5-3-4-6-18(16)15-30-24-20(21(25)9-10-23(24)29-2)14-28-12-11-17-7-8-19(26)13-22(17)27/h3-10,13,28H,11-12,14-15H2,1-2H3. The van der Waals surface area contributed by atoms with E-state index < -0.39 is 0 Å². The highest BCUT2D eigenvalue weighted by atomic mass is 79.9. The number of ether oxygens (including phenoxy) is 2. The highest BCUT2D eigenvalue weighted by Gasteiger charge is 2.15. The van der Waals surface area contributed by atoms with E-state index in [0.29, 0.717) is 28.9 Å². The molecule has 3 rings (SSSR count). The van der Waals surface area contributed by atoms with Crippen molar-refractivity contribution < 1.29 is 9.47 Å². The van der Waals surface area contributed by atoms with Crippen LogP contribution in [0.15, 0.2) is 59.1 Å². The lowest BCUT2D eigenvalue weighted by atomic mass is 10.1. The van der Waals surface area contributed by atoms with E-state index in [9.17, 15) is 0 Å². The largest absolute Gasteiger partial charge is 0.493 e. The Morgan fingerprint density at radius 2 is 1.80 bits per heavy atom. The Kier molecular flexibility index (Phi) is 8.46. The van der Waals surface area contributed by atoms with Crippen LogP contribution in [0.3, 0.4) is 0 Å². The topological polar surface area (TPSA) is 30.5 Å². The molecule has 0 saturated heterocycles. The fraction of sp³-hybridized carbons (Fsp3) is 0.250. The Morgan fingerprint density at radius 1 is 1.00 bits per heavy atom. The summed E-state index contributed by atoms with van der Waals surface area (Å²) in [5.41, 5.74) is 4.43. The van der Waals surface area contributed by atoms with Crippen molar-refractivity contribution in [2.24, 2.45) is 0 Å². The molecule has 0 bridgehead atoms. The fourth-order valence-electron chi connectivity index (χ4n) is 3.15. The Labute approximate surface area is 196 Å². The van der Waals surface area contributed by atoms with Crippen LogP contribution in [0.5, 0.6) is 11.5 Å². The Bertz CT molecular complexity index is 1010. The predicted octanol–water partition coefficient (Wildman–Crippen LogP) is 6.98. The second-order valence-electron chi connectivity index (χ2n) is 6.93. The van der Waals surface area contributed by atoms with Gasteiger partial charge in [-0.1, -0.05) is 69.5 Å². The first-order valence-electron chi connectivity index (χ1n) is 9.67. The van der Waals surface area contributed by atoms with Gasteiger partial charge in [-0.15, -0.1) is 0 Å². The van der Waals surface area contributed by atoms with Crippen LogP contribution in [-0.4, -0.2) is 13.7 Å². The maximum Gasteiger partial charge on any atom is 0.167 e. The fourth-order valence-corrected chi connectivity index (χ4v) is 4.10. The third kappa shape index (κ3) is 5.92. The van der Waals surface area contributed by atoms with Crippen LogP contribution < -0.4 is 14.8 Å². The third-order valence-electron chi connectivity index (χ3n) is 4.91. The van der Waals surface area contributed by atoms with Gasteiger partial charge in [0.05, 0.1) is 7.11 Å². The lowest BCUT2D eigenvalue weighted by Crippen LogP contribution is -2.18. The van der Waals surface area contributed by atoms with Crippen molar-refractivity contribution in [3.63, 3.8) is 0 Å². The molecule has 0 saturated carbocycles. The van der Waals surface area contributed by atoms with E-state index in [2.05, 4.69) is 40.3 Å². The Hall–Kier alpha value is -1.72. The van der Waals surface area contributed by atoms with Crippen LogP contribution in [0.1, 0.15) is 22.3 Å². The van der Waals surface area contributed by atoms with Crippen molar-refractivity contribution in [2.45, 2.75) is 26.5 Å². The highest BCUT2D eigenvalue weighted by Crippen LogP contribution is 2.37. The molecule has 0 fully saturated rings. The van der Waals surface area contributed by atoms with E-state index in [4.69, 9.17) is 32.7 Å². The minimum atomic E-state index is 0.479. The first kappa shape index (κ1) is 23.0. The molecule has 0 spiro atoms. The first-order chi connectivity index (χ1) is 14.5. The summed E-state index contributed by atoms with van der Waals surface area (Å²) in [5.74, 6) is 1.46. The Morgan fingerprint density at radius 3 is 2.53 bits per heavy atom. The molecule has 0 aliphatic carbocycles. The van der Waals surface area contributed by atoms with Crippen LogP contribution in [0.2, 0.25) is 10.0 Å². The molecule has 158 valence electrons. The van der Waals surface area contributed by atoms with Crippen LogP contribution in [0.4, 0.5) is 0 Å². The van der Waals surface area contributed by atoms with Crippen LogP contribution in [-0.2, 0) is 19.6 Å². The van der Waals surface area contributed by atoms with Gasteiger partial charge in [0.2, 0.25) is 0 Å². The first-order valence-corrected chi connectivity index (χ1v) is 11.2. The van der Waals surface area contributed by atoms with Gasteiger partial charge in [-0.3, -0.25) is 0 Å². The summed E-state index contributed by atoms with van der Waals surface area (Å²) in [6.45, 7) is 3.96. The predicted molar refractivity (Wildman–Crippen MR) is 128 cm³/mol. The molecule has 0 radical (unpaired) electrons. The van der Waals surface area contributed by atoms with E-state index in [0.717, 1.165) is 39.9 Å². The van der Waals surface area contributed by atoms with E-state index in [1.165, 1.54) is 5.56 Å². The van der Waals surface area contributed by atoms with Gasteiger partial charge in [0.15, 0.2) is 11.5 Å². The van der Waals surface area contributed by atoms with Gasteiger partial charge in [0, 0.05) is 26.6 Å². The molecule has 0 amide bonds. The summed E-state index contributed by atoms with van der Waals surface area (Å²) in [6, 6.07) is 17.7. The van der Waals surface area contributed by atoms with Crippen LogP contribution in [0, 0.1) is 6.92 Å². The highest BCUT2D eigenvalue weighted by molar-refractivity contribution is 9.10. The van der Waals surface area contributed by atoms with Crippen molar-refractivity contribution in [1.29, 1.82) is 0 Å². The molecule has 0 atom stereocenters. The van der Waals surface area contributed by atoms with Crippen molar-refractivity contribution in [3.8, 4) is 11.5 Å². The van der Waals surface area contributed by atoms with Gasteiger partial charge in [-0.2, -0.15) is 0 Å². The van der Waals surface area contributed by atoms with E-state index in [1.54, 1.807) is 13.2 Å². The molecule has 3 aromatic carbocycles. The summed E-state index contributed by atoms with van der Waals surface area (Å²) in [5, 5.41) is 4.81. The van der Waals surface area contributed by atoms with E-state index in [-0.39, 0.29) is 0 Å². The van der Waals surface area contributed by atoms with Gasteiger partial charge in [-0.25, -0.2) is 0 Å². The molecule has 0 aromatic heterocycles. The zero-order chi connectivity index (χ0) is 21.5. The summed E-state index contributed by atoms with van der Waals surface area (Å²) in [7, 11) is 1.66. The summed E-state index contributed by atoms with van der Waals surface area (Å²) >= 11 is 15.9. The number of rotatable bonds is 9. The average Bonchev–Trinajstić information content (AvgIpc) is 2.73. The summed E-state index contributed by atoms with van der Waals surface area (Å²) in [6.07, 6.45) is 0.803. The third-order valence-corrected chi connectivity index (χ3v) is 6.24. The summed E-state index contributed by atoms with van der Waals surface area (Å²) < 4.78 is 12.8. The molecule has 0 heterocycles. The SMILES string of the molecule is COc1ccc(Br)c(CNCCc2ccc(Cl)cc2Cl)c1OCc1ccccc1C. The van der Waals surface area contributed by atoms with Gasteiger partial charge in [-0.05, 0) is 60.8 Å². The molecule has 3 aromatic rings. The van der Waals surface area contributed by atoms with Crippen LogP contribution in [0.25, 0.3) is 0 Å².